The molecule has 0 heterocycles. The fraction of sp³-hybridized carbons (Fsp3) is 0.294. The molecule has 0 bridgehead atoms. The molecule has 17 heavy (non-hydrogen) atoms. The molecule has 92 valence electrons. The molecule has 1 aliphatic rings. The second-order valence-corrected chi connectivity index (χ2v) is 3.50. The molecule has 0 amide bonds. The molecule has 0 aromatic carbocycles. The van der Waals surface area contributed by atoms with E-state index < -0.39 is 0 Å². The fourth-order valence-electron chi connectivity index (χ4n) is 1.35. The van der Waals surface area contributed by atoms with Crippen molar-refractivity contribution >= 4 is 0 Å². The van der Waals surface area contributed by atoms with E-state index in [9.17, 15) is 0 Å². The fourth-order valence-corrected chi connectivity index (χ4v) is 1.35. The zero-order valence-electron chi connectivity index (χ0n) is 11.5. The summed E-state index contributed by atoms with van der Waals surface area (Å²) in [6, 6.07) is 0. The van der Waals surface area contributed by atoms with Crippen LogP contribution < -0.4 is 0 Å². The largest absolute Gasteiger partial charge is 0.0874 e. The number of hydrogen-bond acceptors (Lipinski definition) is 0. The van der Waals surface area contributed by atoms with E-state index in [1.54, 1.807) is 0 Å². The molecular formula is C17H24. The molecule has 0 fully saturated rings. The maximum atomic E-state index is 2.22. The lowest BCUT2D eigenvalue weighted by atomic mass is 10.2. The summed E-state index contributed by atoms with van der Waals surface area (Å²) in [7, 11) is 0. The lowest BCUT2D eigenvalue weighted by molar-refractivity contribution is 1.38. The monoisotopic (exact) mass is 228 g/mol. The summed E-state index contributed by atoms with van der Waals surface area (Å²) < 4.78 is 0. The summed E-state index contributed by atoms with van der Waals surface area (Å²) >= 11 is 0. The first-order chi connectivity index (χ1) is 8.33. The Hall–Kier alpha value is -1.56. The minimum Gasteiger partial charge on any atom is -0.0874 e. The van der Waals surface area contributed by atoms with Gasteiger partial charge in [-0.1, -0.05) is 80.2 Å². The number of allylic oxidation sites excluding steroid dienone is 12. The van der Waals surface area contributed by atoms with E-state index in [2.05, 4.69) is 67.7 Å². The summed E-state index contributed by atoms with van der Waals surface area (Å²) in [5, 5.41) is 0. The van der Waals surface area contributed by atoms with Crippen LogP contribution in [0.15, 0.2) is 71.9 Å². The first-order valence-corrected chi connectivity index (χ1v) is 6.34. The molecule has 0 saturated carbocycles. The van der Waals surface area contributed by atoms with Crippen LogP contribution in [-0.4, -0.2) is 0 Å². The average molecular weight is 228 g/mol. The van der Waals surface area contributed by atoms with Crippen LogP contribution >= 0.6 is 0 Å². The summed E-state index contributed by atoms with van der Waals surface area (Å²) in [6.07, 6.45) is 22.2. The third-order valence-corrected chi connectivity index (χ3v) is 2.10. The van der Waals surface area contributed by atoms with Gasteiger partial charge in [0.05, 0.1) is 0 Å². The van der Waals surface area contributed by atoms with Crippen molar-refractivity contribution in [1.29, 1.82) is 0 Å². The molecule has 0 nitrogen and oxygen atoms in total. The third-order valence-electron chi connectivity index (χ3n) is 2.10. The minimum atomic E-state index is 1.02. The van der Waals surface area contributed by atoms with Gasteiger partial charge in [-0.25, -0.2) is 0 Å². The van der Waals surface area contributed by atoms with Gasteiger partial charge >= 0.3 is 0 Å². The highest BCUT2D eigenvalue weighted by Crippen LogP contribution is 2.07. The van der Waals surface area contributed by atoms with E-state index in [0.717, 1.165) is 6.42 Å². The standard InChI is InChI=1S/C15H18.C2H6/c1-3-9-14(2)10-8-13-15-11-6-4-5-7-12-15;1-2/h3-6,8-13H,7H2,1-2H3;1-2H3/b9-3-,13-8+,14-10-;. The summed E-state index contributed by atoms with van der Waals surface area (Å²) in [4.78, 5) is 0. The average Bonchev–Trinajstić information content (AvgIpc) is 2.61. The molecule has 0 atom stereocenters. The Kier molecular flexibility index (Phi) is 9.94. The molecule has 0 unspecified atom stereocenters. The van der Waals surface area contributed by atoms with Crippen molar-refractivity contribution in [3.05, 3.63) is 71.9 Å². The molecule has 1 aliphatic carbocycles. The van der Waals surface area contributed by atoms with Gasteiger partial charge in [-0.15, -0.1) is 0 Å². The van der Waals surface area contributed by atoms with Gasteiger partial charge in [-0.2, -0.15) is 0 Å². The Labute approximate surface area is 106 Å². The van der Waals surface area contributed by atoms with Gasteiger partial charge in [0.25, 0.3) is 0 Å². The molecule has 0 spiro atoms. The van der Waals surface area contributed by atoms with E-state index in [1.165, 1.54) is 11.1 Å². The van der Waals surface area contributed by atoms with Gasteiger partial charge < -0.3 is 0 Å². The Balaban J connectivity index is 0.00000121. The Morgan fingerprint density at radius 1 is 1.24 bits per heavy atom. The SMILES string of the molecule is CC.C\C=C/C(C)=C\C=C\C1=CCC=CC=C1. The highest BCUT2D eigenvalue weighted by atomic mass is 13.9. The van der Waals surface area contributed by atoms with E-state index in [0.29, 0.717) is 0 Å². The van der Waals surface area contributed by atoms with Gasteiger partial charge in [0.15, 0.2) is 0 Å². The van der Waals surface area contributed by atoms with Gasteiger partial charge in [-0.3, -0.25) is 0 Å². The predicted octanol–water partition coefficient (Wildman–Crippen LogP) is 5.53. The van der Waals surface area contributed by atoms with Crippen molar-refractivity contribution in [2.45, 2.75) is 34.1 Å². The molecule has 0 saturated heterocycles. The zero-order chi connectivity index (χ0) is 12.9. The van der Waals surface area contributed by atoms with Gasteiger partial charge in [0.1, 0.15) is 0 Å². The smallest absolute Gasteiger partial charge is 0.0157 e. The number of rotatable bonds is 3. The first-order valence-electron chi connectivity index (χ1n) is 6.34. The van der Waals surface area contributed by atoms with Crippen molar-refractivity contribution in [3.63, 3.8) is 0 Å². The molecule has 0 N–H and O–H groups in total. The molecule has 0 aromatic heterocycles. The third kappa shape index (κ3) is 8.27. The van der Waals surface area contributed by atoms with Crippen molar-refractivity contribution in [2.75, 3.05) is 0 Å². The molecule has 0 aromatic rings. The Bertz CT molecular complexity index is 357. The van der Waals surface area contributed by atoms with Crippen LogP contribution in [0.2, 0.25) is 0 Å². The van der Waals surface area contributed by atoms with Crippen LogP contribution in [0.5, 0.6) is 0 Å². The van der Waals surface area contributed by atoms with Crippen LogP contribution in [0.25, 0.3) is 0 Å². The van der Waals surface area contributed by atoms with Gasteiger partial charge in [-0.05, 0) is 25.8 Å². The van der Waals surface area contributed by atoms with Crippen LogP contribution in [0.1, 0.15) is 34.1 Å². The molecule has 0 radical (unpaired) electrons. The zero-order valence-corrected chi connectivity index (χ0v) is 11.5. The van der Waals surface area contributed by atoms with Crippen LogP contribution in [-0.2, 0) is 0 Å². The maximum Gasteiger partial charge on any atom is -0.0157 e. The molecule has 0 heteroatoms. The Morgan fingerprint density at radius 2 is 2.00 bits per heavy atom. The quantitative estimate of drug-likeness (QED) is 0.557. The lowest BCUT2D eigenvalue weighted by Crippen LogP contribution is -1.70. The van der Waals surface area contributed by atoms with Gasteiger partial charge in [0.2, 0.25) is 0 Å². The van der Waals surface area contributed by atoms with Crippen LogP contribution in [0.3, 0.4) is 0 Å². The van der Waals surface area contributed by atoms with Crippen LogP contribution in [0, 0.1) is 0 Å². The van der Waals surface area contributed by atoms with E-state index in [4.69, 9.17) is 0 Å². The topological polar surface area (TPSA) is 0 Å². The van der Waals surface area contributed by atoms with E-state index in [-0.39, 0.29) is 0 Å². The van der Waals surface area contributed by atoms with Gasteiger partial charge in [0, 0.05) is 0 Å². The lowest BCUT2D eigenvalue weighted by Gasteiger charge is -1.90. The second-order valence-electron chi connectivity index (χ2n) is 3.50. The first kappa shape index (κ1) is 15.4. The summed E-state index contributed by atoms with van der Waals surface area (Å²) in [5.41, 5.74) is 2.54. The number of hydrogen-bond donors (Lipinski definition) is 0. The van der Waals surface area contributed by atoms with Crippen molar-refractivity contribution < 1.29 is 0 Å². The molecule has 0 aliphatic heterocycles. The summed E-state index contributed by atoms with van der Waals surface area (Å²) in [6.45, 7) is 8.13. The Morgan fingerprint density at radius 3 is 2.71 bits per heavy atom. The predicted molar refractivity (Wildman–Crippen MR) is 80.0 cm³/mol. The normalized spacial score (nSPS) is 15.8. The van der Waals surface area contributed by atoms with E-state index in [1.807, 2.05) is 20.8 Å². The molecular weight excluding hydrogens is 204 g/mol. The second kappa shape index (κ2) is 10.9. The minimum absolute atomic E-state index is 1.02. The van der Waals surface area contributed by atoms with Crippen LogP contribution in [0.4, 0.5) is 0 Å². The van der Waals surface area contributed by atoms with Crippen molar-refractivity contribution in [2.24, 2.45) is 0 Å². The summed E-state index contributed by atoms with van der Waals surface area (Å²) in [5.74, 6) is 0. The van der Waals surface area contributed by atoms with Crippen molar-refractivity contribution in [1.82, 2.24) is 0 Å². The maximum absolute atomic E-state index is 2.22. The highest BCUT2D eigenvalue weighted by Gasteiger charge is 1.86. The highest BCUT2D eigenvalue weighted by molar-refractivity contribution is 5.37. The van der Waals surface area contributed by atoms with Crippen molar-refractivity contribution in [3.8, 4) is 0 Å². The van der Waals surface area contributed by atoms with E-state index >= 15 is 0 Å². The molecule has 1 rings (SSSR count).